The van der Waals surface area contributed by atoms with Gasteiger partial charge in [0.15, 0.2) is 0 Å². The third-order valence-electron chi connectivity index (χ3n) is 1.94. The Morgan fingerprint density at radius 2 is 2.13 bits per heavy atom. The first-order chi connectivity index (χ1) is 7.19. The van der Waals surface area contributed by atoms with Crippen molar-refractivity contribution in [3.8, 4) is 0 Å². The predicted molar refractivity (Wildman–Crippen MR) is 52.5 cm³/mol. The van der Waals surface area contributed by atoms with Crippen LogP contribution >= 0.6 is 0 Å². The maximum absolute atomic E-state index is 10.4. The molecule has 1 heterocycles. The summed E-state index contributed by atoms with van der Waals surface area (Å²) in [5.41, 5.74) is 3.30. The van der Waals surface area contributed by atoms with E-state index in [9.17, 15) is 10.1 Å². The van der Waals surface area contributed by atoms with E-state index in [-0.39, 0.29) is 0 Å². The molecule has 84 valence electrons. The molecule has 1 N–H and O–H groups in total. The topological polar surface area (TPSA) is 89.8 Å². The molecule has 0 spiro atoms. The Morgan fingerprint density at radius 1 is 1.47 bits per heavy atom. The Morgan fingerprint density at radius 3 is 2.67 bits per heavy atom. The number of hydrogen-bond donors (Lipinski definition) is 1. The van der Waals surface area contributed by atoms with E-state index >= 15 is 0 Å². The second kappa shape index (κ2) is 5.28. The Bertz CT molecular complexity index is 312. The van der Waals surface area contributed by atoms with E-state index in [0.717, 1.165) is 12.8 Å². The molecular formula is C8H15N5O2. The number of hydrogen-bond acceptors (Lipinski definition) is 3. The highest BCUT2D eigenvalue weighted by molar-refractivity contribution is 4.80. The van der Waals surface area contributed by atoms with Crippen LogP contribution in [0.1, 0.15) is 38.3 Å². The minimum Gasteiger partial charge on any atom is -0.373 e. The minimum absolute atomic E-state index is 0.609. The monoisotopic (exact) mass is 213 g/mol. The lowest BCUT2D eigenvalue weighted by atomic mass is 10.3. The van der Waals surface area contributed by atoms with Gasteiger partial charge in [-0.15, -0.1) is 5.03 Å². The van der Waals surface area contributed by atoms with Crippen LogP contribution in [-0.4, -0.2) is 15.2 Å². The number of H-pyrrole nitrogens is 1. The van der Waals surface area contributed by atoms with Crippen molar-refractivity contribution in [2.24, 2.45) is 0 Å². The number of aryl methyl sites for hydroxylation is 2. The summed E-state index contributed by atoms with van der Waals surface area (Å²) in [5, 5.41) is 16.5. The smallest absolute Gasteiger partial charge is 0.343 e. The fraction of sp³-hybridized carbons (Fsp3) is 0.750. The molecule has 15 heavy (non-hydrogen) atoms. The molecule has 0 amide bonds. The van der Waals surface area contributed by atoms with Crippen LogP contribution in [0.5, 0.6) is 0 Å². The van der Waals surface area contributed by atoms with Gasteiger partial charge in [-0.1, -0.05) is 18.9 Å². The Kier molecular flexibility index (Phi) is 4.02. The summed E-state index contributed by atoms with van der Waals surface area (Å²) < 4.78 is 1.30. The number of nitrogens with one attached hydrogen (secondary N) is 1. The summed E-state index contributed by atoms with van der Waals surface area (Å²) in [6.07, 6.45) is 3.15. The van der Waals surface area contributed by atoms with Gasteiger partial charge in [0.1, 0.15) is 5.10 Å². The average Bonchev–Trinajstić information content (AvgIpc) is 2.51. The first-order valence-electron chi connectivity index (χ1n) is 5.03. The number of rotatable bonds is 6. The van der Waals surface area contributed by atoms with Crippen LogP contribution in [-0.2, 0) is 12.8 Å². The van der Waals surface area contributed by atoms with Crippen molar-refractivity contribution in [3.63, 3.8) is 0 Å². The van der Waals surface area contributed by atoms with E-state index < -0.39 is 5.03 Å². The van der Waals surface area contributed by atoms with Crippen molar-refractivity contribution in [1.82, 2.24) is 10.2 Å². The summed E-state index contributed by atoms with van der Waals surface area (Å²) >= 11 is 0. The van der Waals surface area contributed by atoms with Crippen LogP contribution in [0, 0.1) is 10.1 Å². The van der Waals surface area contributed by atoms with Crippen molar-refractivity contribution >= 4 is 0 Å². The zero-order valence-corrected chi connectivity index (χ0v) is 8.93. The van der Waals surface area contributed by atoms with Gasteiger partial charge in [0.2, 0.25) is 0 Å². The number of nitro groups is 1. The third kappa shape index (κ3) is 2.90. The molecule has 0 atom stereocenters. The fourth-order valence-corrected chi connectivity index (χ4v) is 1.34. The quantitative estimate of drug-likeness (QED) is 0.433. The normalized spacial score (nSPS) is 10.3. The summed E-state index contributed by atoms with van der Waals surface area (Å²) in [4.78, 5) is 10.4. The number of aromatic amines is 1. The van der Waals surface area contributed by atoms with Crippen molar-refractivity contribution in [1.29, 1.82) is 0 Å². The summed E-state index contributed by atoms with van der Waals surface area (Å²) in [7, 11) is 0. The van der Waals surface area contributed by atoms with Gasteiger partial charge >= 0.3 is 5.82 Å². The summed E-state index contributed by atoms with van der Waals surface area (Å²) in [6, 6.07) is 0. The molecule has 7 nitrogen and oxygen atoms in total. The van der Waals surface area contributed by atoms with Gasteiger partial charge < -0.3 is 10.1 Å². The van der Waals surface area contributed by atoms with E-state index in [1.54, 1.807) is 0 Å². The SMILES string of the molecule is CCCc1n[nH]c(CCC)[n+]1[N-][N+](=O)[O-]. The third-order valence-corrected chi connectivity index (χ3v) is 1.94. The van der Waals surface area contributed by atoms with Crippen LogP contribution in [0.4, 0.5) is 0 Å². The molecule has 0 radical (unpaired) electrons. The van der Waals surface area contributed by atoms with E-state index in [1.807, 2.05) is 13.8 Å². The van der Waals surface area contributed by atoms with E-state index in [2.05, 4.69) is 15.7 Å². The molecule has 0 unspecified atom stereocenters. The predicted octanol–water partition coefficient (Wildman–Crippen LogP) is 0.931. The molecule has 1 aromatic heterocycles. The second-order valence-corrected chi connectivity index (χ2v) is 3.23. The Balaban J connectivity index is 2.91. The van der Waals surface area contributed by atoms with Crippen LogP contribution in [0.3, 0.4) is 0 Å². The largest absolute Gasteiger partial charge is 0.373 e. The Hall–Kier alpha value is -1.66. The lowest BCUT2D eigenvalue weighted by Gasteiger charge is -2.12. The molecule has 0 aromatic carbocycles. The van der Waals surface area contributed by atoms with Crippen molar-refractivity contribution in [3.05, 3.63) is 27.3 Å². The van der Waals surface area contributed by atoms with Gasteiger partial charge in [0, 0.05) is 0 Å². The summed E-state index contributed by atoms with van der Waals surface area (Å²) in [5.74, 6) is 1.29. The van der Waals surface area contributed by atoms with Crippen molar-refractivity contribution < 1.29 is 9.71 Å². The minimum atomic E-state index is -0.701. The molecule has 0 aliphatic rings. The van der Waals surface area contributed by atoms with Crippen LogP contribution in [0.15, 0.2) is 0 Å². The van der Waals surface area contributed by atoms with Gasteiger partial charge in [-0.3, -0.25) is 5.53 Å². The van der Waals surface area contributed by atoms with E-state index in [1.165, 1.54) is 4.68 Å². The zero-order chi connectivity index (χ0) is 11.3. The molecule has 1 rings (SSSR count). The van der Waals surface area contributed by atoms with E-state index in [0.29, 0.717) is 24.5 Å². The highest BCUT2D eigenvalue weighted by Crippen LogP contribution is 2.00. The van der Waals surface area contributed by atoms with Gasteiger partial charge in [-0.25, -0.2) is 4.68 Å². The molecule has 7 heteroatoms. The van der Waals surface area contributed by atoms with Crippen LogP contribution in [0.2, 0.25) is 0 Å². The van der Waals surface area contributed by atoms with Gasteiger partial charge in [0.25, 0.3) is 5.82 Å². The lowest BCUT2D eigenvalue weighted by molar-refractivity contribution is -0.747. The summed E-state index contributed by atoms with van der Waals surface area (Å²) in [6.45, 7) is 3.99. The maximum atomic E-state index is 10.4. The van der Waals surface area contributed by atoms with Crippen LogP contribution in [0.25, 0.3) is 5.53 Å². The van der Waals surface area contributed by atoms with Crippen molar-refractivity contribution in [2.75, 3.05) is 0 Å². The highest BCUT2D eigenvalue weighted by atomic mass is 16.7. The lowest BCUT2D eigenvalue weighted by Crippen LogP contribution is -2.38. The van der Waals surface area contributed by atoms with E-state index in [4.69, 9.17) is 0 Å². The molecule has 0 bridgehead atoms. The molecule has 0 aliphatic heterocycles. The zero-order valence-electron chi connectivity index (χ0n) is 8.93. The first-order valence-corrected chi connectivity index (χ1v) is 5.03. The number of aromatic nitrogens is 3. The molecule has 0 fully saturated rings. The maximum Gasteiger partial charge on any atom is 0.343 e. The van der Waals surface area contributed by atoms with Gasteiger partial charge in [-0.2, -0.15) is 0 Å². The highest BCUT2D eigenvalue weighted by Gasteiger charge is 2.19. The average molecular weight is 213 g/mol. The standard InChI is InChI=1S/C8H15N5O2/c1-3-5-7-9-10-8(6-4-2)12(7)11-13(14)15/h9H,3-6H2,1-2H3. The molecule has 0 saturated heterocycles. The molecular weight excluding hydrogens is 198 g/mol. The van der Waals surface area contributed by atoms with Gasteiger partial charge in [-0.05, 0) is 12.8 Å². The van der Waals surface area contributed by atoms with Crippen LogP contribution < -0.4 is 4.68 Å². The second-order valence-electron chi connectivity index (χ2n) is 3.23. The Labute approximate surface area is 87.6 Å². The van der Waals surface area contributed by atoms with Gasteiger partial charge in [0.05, 0.1) is 12.8 Å². The molecule has 1 aromatic rings. The molecule has 0 saturated carbocycles. The molecule has 0 aliphatic carbocycles. The fourth-order valence-electron chi connectivity index (χ4n) is 1.34. The van der Waals surface area contributed by atoms with Crippen molar-refractivity contribution in [2.45, 2.75) is 39.5 Å². The number of nitrogens with zero attached hydrogens (tertiary/aromatic N) is 4. The first kappa shape index (κ1) is 11.4.